The molecule has 0 radical (unpaired) electrons. The fourth-order valence-electron chi connectivity index (χ4n) is 1.72. The molecule has 0 unspecified atom stereocenters. The van der Waals surface area contributed by atoms with Crippen molar-refractivity contribution in [2.45, 2.75) is 18.2 Å². The molecule has 0 saturated carbocycles. The molecule has 0 spiro atoms. The fourth-order valence-corrected chi connectivity index (χ4v) is 2.64. The van der Waals surface area contributed by atoms with E-state index in [4.69, 9.17) is 0 Å². The minimum absolute atomic E-state index is 0.346. The largest absolute Gasteiger partial charge is 0.507 e. The Kier molecular flexibility index (Phi) is 3.95. The van der Waals surface area contributed by atoms with Crippen LogP contribution < -0.4 is 0 Å². The van der Waals surface area contributed by atoms with Crippen LogP contribution in [0.3, 0.4) is 0 Å². The summed E-state index contributed by atoms with van der Waals surface area (Å²) in [4.78, 5) is 1.20. The van der Waals surface area contributed by atoms with E-state index >= 15 is 0 Å². The highest BCUT2D eigenvalue weighted by Crippen LogP contribution is 2.33. The highest BCUT2D eigenvalue weighted by Gasteiger charge is 2.04. The minimum atomic E-state index is 0.346. The van der Waals surface area contributed by atoms with E-state index in [-0.39, 0.29) is 0 Å². The molecule has 0 saturated heterocycles. The maximum absolute atomic E-state index is 9.77. The Morgan fingerprint density at radius 1 is 1.12 bits per heavy atom. The predicted octanol–water partition coefficient (Wildman–Crippen LogP) is 4.05. The summed E-state index contributed by atoms with van der Waals surface area (Å²) in [7, 11) is 0. The van der Waals surface area contributed by atoms with Crippen LogP contribution in [-0.2, 0) is 0 Å². The third kappa shape index (κ3) is 2.75. The van der Waals surface area contributed by atoms with Gasteiger partial charge in [0.1, 0.15) is 5.75 Å². The number of aromatic hydroxyl groups is 1. The second-order valence-electron chi connectivity index (χ2n) is 3.65. The number of phenols is 1. The summed E-state index contributed by atoms with van der Waals surface area (Å²) in [5.74, 6) is 7.28. The lowest BCUT2D eigenvalue weighted by Gasteiger charge is -2.06. The highest BCUT2D eigenvalue weighted by molar-refractivity contribution is 7.99. The number of hydrogen-bond acceptors (Lipinski definition) is 2. The van der Waals surface area contributed by atoms with Gasteiger partial charge in [0.05, 0.1) is 0 Å². The lowest BCUT2D eigenvalue weighted by molar-refractivity contribution is 0.481. The van der Waals surface area contributed by atoms with Crippen LogP contribution in [0, 0.1) is 11.8 Å². The van der Waals surface area contributed by atoms with E-state index in [0.717, 1.165) is 22.9 Å². The number of benzene rings is 2. The van der Waals surface area contributed by atoms with Crippen LogP contribution in [0.1, 0.15) is 13.3 Å². The number of hydrogen-bond donors (Lipinski definition) is 1. The van der Waals surface area contributed by atoms with Crippen molar-refractivity contribution in [3.05, 3.63) is 36.4 Å². The maximum Gasteiger partial charge on any atom is 0.123 e. The Balaban J connectivity index is 2.27. The fraction of sp³-hybridized carbons (Fsp3) is 0.200. The van der Waals surface area contributed by atoms with Gasteiger partial charge in [0.25, 0.3) is 0 Å². The first-order valence-electron chi connectivity index (χ1n) is 5.56. The summed E-state index contributed by atoms with van der Waals surface area (Å²) in [5, 5.41) is 11.8. The minimum Gasteiger partial charge on any atom is -0.507 e. The van der Waals surface area contributed by atoms with Gasteiger partial charge < -0.3 is 5.11 Å². The van der Waals surface area contributed by atoms with Gasteiger partial charge in [-0.05, 0) is 24.4 Å². The summed E-state index contributed by atoms with van der Waals surface area (Å²) in [5.41, 5.74) is 0. The molecule has 0 bridgehead atoms. The first-order valence-corrected chi connectivity index (χ1v) is 6.54. The molecule has 0 aliphatic carbocycles. The summed E-state index contributed by atoms with van der Waals surface area (Å²) in [6.45, 7) is 1.86. The number of phenolic OH excluding ortho intramolecular Hbond substituents is 1. The van der Waals surface area contributed by atoms with Crippen LogP contribution in [0.4, 0.5) is 0 Å². The molecule has 0 aliphatic heterocycles. The standard InChI is InChI=1S/C15H14OS/c1-2-3-6-11-17-15-10-9-14(16)12-7-4-5-8-13(12)15/h4-5,7-10,16H,6,11H2,1H3. The van der Waals surface area contributed by atoms with Gasteiger partial charge in [-0.2, -0.15) is 0 Å². The second-order valence-corrected chi connectivity index (χ2v) is 4.79. The van der Waals surface area contributed by atoms with Crippen molar-refractivity contribution in [1.82, 2.24) is 0 Å². The molecular weight excluding hydrogens is 228 g/mol. The van der Waals surface area contributed by atoms with Crippen molar-refractivity contribution in [2.24, 2.45) is 0 Å². The van der Waals surface area contributed by atoms with E-state index in [9.17, 15) is 5.11 Å². The lowest BCUT2D eigenvalue weighted by atomic mass is 10.1. The topological polar surface area (TPSA) is 20.2 Å². The van der Waals surface area contributed by atoms with Gasteiger partial charge in [-0.1, -0.05) is 24.3 Å². The molecule has 1 N–H and O–H groups in total. The summed E-state index contributed by atoms with van der Waals surface area (Å²) in [6.07, 6.45) is 0.899. The third-order valence-electron chi connectivity index (χ3n) is 2.52. The number of fused-ring (bicyclic) bond motifs is 1. The van der Waals surface area contributed by atoms with Gasteiger partial charge in [0, 0.05) is 22.5 Å². The van der Waals surface area contributed by atoms with Crippen LogP contribution >= 0.6 is 11.8 Å². The number of rotatable bonds is 3. The summed E-state index contributed by atoms with van der Waals surface area (Å²) in [6, 6.07) is 11.7. The Morgan fingerprint density at radius 2 is 1.88 bits per heavy atom. The molecule has 0 aliphatic rings. The van der Waals surface area contributed by atoms with Crippen molar-refractivity contribution in [3.63, 3.8) is 0 Å². The number of thioether (sulfide) groups is 1. The van der Waals surface area contributed by atoms with Crippen LogP contribution in [0.5, 0.6) is 5.75 Å². The first-order chi connectivity index (χ1) is 8.33. The average Bonchev–Trinajstić information content (AvgIpc) is 2.37. The van der Waals surface area contributed by atoms with E-state index in [2.05, 4.69) is 11.8 Å². The van der Waals surface area contributed by atoms with Crippen LogP contribution in [0.2, 0.25) is 0 Å². The highest BCUT2D eigenvalue weighted by atomic mass is 32.2. The van der Waals surface area contributed by atoms with E-state index in [1.807, 2.05) is 37.3 Å². The Bertz CT molecular complexity index is 578. The van der Waals surface area contributed by atoms with Gasteiger partial charge in [-0.15, -0.1) is 23.6 Å². The molecule has 17 heavy (non-hydrogen) atoms. The van der Waals surface area contributed by atoms with E-state index in [1.165, 1.54) is 4.90 Å². The molecule has 0 heterocycles. The Morgan fingerprint density at radius 3 is 2.65 bits per heavy atom. The summed E-state index contributed by atoms with van der Waals surface area (Å²) < 4.78 is 0. The smallest absolute Gasteiger partial charge is 0.123 e. The molecule has 0 amide bonds. The molecule has 86 valence electrons. The van der Waals surface area contributed by atoms with Gasteiger partial charge in [0.2, 0.25) is 0 Å². The third-order valence-corrected chi connectivity index (χ3v) is 3.60. The van der Waals surface area contributed by atoms with E-state index in [1.54, 1.807) is 17.8 Å². The maximum atomic E-state index is 9.77. The summed E-state index contributed by atoms with van der Waals surface area (Å²) >= 11 is 1.78. The van der Waals surface area contributed by atoms with Crippen molar-refractivity contribution < 1.29 is 5.11 Å². The van der Waals surface area contributed by atoms with E-state index in [0.29, 0.717) is 5.75 Å². The van der Waals surface area contributed by atoms with Crippen molar-refractivity contribution in [1.29, 1.82) is 0 Å². The lowest BCUT2D eigenvalue weighted by Crippen LogP contribution is -1.81. The van der Waals surface area contributed by atoms with Gasteiger partial charge in [0.15, 0.2) is 0 Å². The average molecular weight is 242 g/mol. The molecule has 0 aromatic heterocycles. The normalized spacial score (nSPS) is 9.94. The zero-order valence-electron chi connectivity index (χ0n) is 9.73. The zero-order chi connectivity index (χ0) is 12.1. The molecule has 2 aromatic rings. The second kappa shape index (κ2) is 5.65. The van der Waals surface area contributed by atoms with Gasteiger partial charge in [-0.25, -0.2) is 0 Å². The SMILES string of the molecule is CC#CCCSc1ccc(O)c2ccccc12. The predicted molar refractivity (Wildman–Crippen MR) is 74.4 cm³/mol. The molecular formula is C15H14OS. The Hall–Kier alpha value is -1.59. The van der Waals surface area contributed by atoms with E-state index < -0.39 is 0 Å². The zero-order valence-corrected chi connectivity index (χ0v) is 10.6. The van der Waals surface area contributed by atoms with Crippen molar-refractivity contribution >= 4 is 22.5 Å². The molecule has 0 fully saturated rings. The van der Waals surface area contributed by atoms with Crippen molar-refractivity contribution in [3.8, 4) is 17.6 Å². The van der Waals surface area contributed by atoms with Crippen LogP contribution in [-0.4, -0.2) is 10.9 Å². The molecule has 0 atom stereocenters. The van der Waals surface area contributed by atoms with Crippen LogP contribution in [0.15, 0.2) is 41.3 Å². The van der Waals surface area contributed by atoms with Gasteiger partial charge >= 0.3 is 0 Å². The van der Waals surface area contributed by atoms with Gasteiger partial charge in [-0.3, -0.25) is 0 Å². The molecule has 2 rings (SSSR count). The quantitative estimate of drug-likeness (QED) is 0.498. The monoisotopic (exact) mass is 242 g/mol. The van der Waals surface area contributed by atoms with Crippen LogP contribution in [0.25, 0.3) is 10.8 Å². The first kappa shape index (κ1) is 11.9. The molecule has 2 aromatic carbocycles. The van der Waals surface area contributed by atoms with Crippen molar-refractivity contribution in [2.75, 3.05) is 5.75 Å². The Labute approximate surface area is 106 Å². The molecule has 2 heteroatoms. The molecule has 1 nitrogen and oxygen atoms in total.